The average molecular weight is 315 g/mol. The summed E-state index contributed by atoms with van der Waals surface area (Å²) in [5, 5.41) is 3.51. The summed E-state index contributed by atoms with van der Waals surface area (Å²) in [5.74, 6) is -0.195. The van der Waals surface area contributed by atoms with E-state index in [0.29, 0.717) is 10.5 Å². The summed E-state index contributed by atoms with van der Waals surface area (Å²) in [5.41, 5.74) is 2.16. The van der Waals surface area contributed by atoms with Gasteiger partial charge in [-0.2, -0.15) is 0 Å². The maximum Gasteiger partial charge on any atom is 0.139 e. The van der Waals surface area contributed by atoms with Gasteiger partial charge in [0.2, 0.25) is 0 Å². The van der Waals surface area contributed by atoms with Crippen LogP contribution in [-0.2, 0) is 0 Å². The zero-order chi connectivity index (χ0) is 13.5. The van der Waals surface area contributed by atoms with E-state index < -0.39 is 0 Å². The minimum atomic E-state index is -0.195. The Bertz CT molecular complexity index is 459. The maximum atomic E-state index is 13.7. The molecule has 0 bridgehead atoms. The van der Waals surface area contributed by atoms with Gasteiger partial charge in [-0.25, -0.2) is 4.39 Å². The van der Waals surface area contributed by atoms with Crippen molar-refractivity contribution in [2.24, 2.45) is 0 Å². The molecule has 1 saturated heterocycles. The number of aryl methyl sites for hydroxylation is 1. The fourth-order valence-corrected chi connectivity index (χ4v) is 2.90. The Morgan fingerprint density at radius 3 is 2.78 bits per heavy atom. The first kappa shape index (κ1) is 13.8. The number of nitrogens with zero attached hydrogens (tertiary/aromatic N) is 1. The second-order valence-corrected chi connectivity index (χ2v) is 6.65. The highest BCUT2D eigenvalue weighted by atomic mass is 79.9. The van der Waals surface area contributed by atoms with Gasteiger partial charge in [-0.3, -0.25) is 0 Å². The topological polar surface area (TPSA) is 15.3 Å². The van der Waals surface area contributed by atoms with Crippen LogP contribution < -0.4 is 10.2 Å². The molecule has 1 aliphatic rings. The predicted molar refractivity (Wildman–Crippen MR) is 77.7 cm³/mol. The molecule has 0 aliphatic carbocycles. The number of nitrogens with one attached hydrogen (secondary N) is 1. The normalized spacial score (nSPS) is 23.2. The van der Waals surface area contributed by atoms with Crippen LogP contribution in [0.15, 0.2) is 16.6 Å². The molecule has 0 amide bonds. The van der Waals surface area contributed by atoms with E-state index in [0.717, 1.165) is 24.3 Å². The Kier molecular flexibility index (Phi) is 3.70. The molecule has 1 unspecified atom stereocenters. The fourth-order valence-electron chi connectivity index (χ4n) is 2.44. The van der Waals surface area contributed by atoms with Crippen molar-refractivity contribution in [1.29, 1.82) is 0 Å². The Morgan fingerprint density at radius 2 is 2.11 bits per heavy atom. The van der Waals surface area contributed by atoms with Crippen LogP contribution in [0.25, 0.3) is 0 Å². The quantitative estimate of drug-likeness (QED) is 0.854. The summed E-state index contributed by atoms with van der Waals surface area (Å²) in [6, 6.07) is 3.86. The van der Waals surface area contributed by atoms with Crippen LogP contribution in [0.5, 0.6) is 0 Å². The number of hydrogen-bond donors (Lipinski definition) is 1. The van der Waals surface area contributed by atoms with Crippen LogP contribution in [-0.4, -0.2) is 24.7 Å². The zero-order valence-electron chi connectivity index (χ0n) is 11.3. The lowest BCUT2D eigenvalue weighted by molar-refractivity contribution is 0.318. The first-order chi connectivity index (χ1) is 8.30. The average Bonchev–Trinajstić information content (AvgIpc) is 2.27. The van der Waals surface area contributed by atoms with Crippen molar-refractivity contribution in [3.8, 4) is 0 Å². The van der Waals surface area contributed by atoms with E-state index in [-0.39, 0.29) is 11.4 Å². The second-order valence-electron chi connectivity index (χ2n) is 5.79. The number of rotatable bonds is 1. The van der Waals surface area contributed by atoms with Gasteiger partial charge in [0.1, 0.15) is 5.82 Å². The van der Waals surface area contributed by atoms with E-state index in [1.807, 2.05) is 13.0 Å². The molecule has 1 fully saturated rings. The fraction of sp³-hybridized carbons (Fsp3) is 0.571. The highest BCUT2D eigenvalue weighted by Crippen LogP contribution is 2.30. The number of benzene rings is 1. The number of anilines is 1. The molecule has 1 aromatic rings. The number of hydrogen-bond acceptors (Lipinski definition) is 2. The molecule has 100 valence electrons. The van der Waals surface area contributed by atoms with Gasteiger partial charge < -0.3 is 10.2 Å². The molecule has 1 N–H and O–H groups in total. The van der Waals surface area contributed by atoms with Crippen molar-refractivity contribution in [2.75, 3.05) is 18.0 Å². The Morgan fingerprint density at radius 1 is 1.44 bits per heavy atom. The van der Waals surface area contributed by atoms with Gasteiger partial charge in [-0.05, 0) is 61.3 Å². The van der Waals surface area contributed by atoms with Crippen LogP contribution in [0.2, 0.25) is 0 Å². The molecule has 0 saturated carbocycles. The molecule has 1 aromatic carbocycles. The number of halogens is 2. The van der Waals surface area contributed by atoms with Crippen molar-refractivity contribution >= 4 is 21.6 Å². The molecular weight excluding hydrogens is 295 g/mol. The summed E-state index contributed by atoms with van der Waals surface area (Å²) < 4.78 is 14.3. The highest BCUT2D eigenvalue weighted by molar-refractivity contribution is 9.10. The second kappa shape index (κ2) is 4.82. The Labute approximate surface area is 117 Å². The monoisotopic (exact) mass is 314 g/mol. The van der Waals surface area contributed by atoms with Crippen molar-refractivity contribution in [3.05, 3.63) is 28.0 Å². The highest BCUT2D eigenvalue weighted by Gasteiger charge is 2.31. The lowest BCUT2D eigenvalue weighted by Crippen LogP contribution is -2.61. The smallest absolute Gasteiger partial charge is 0.139 e. The molecule has 2 nitrogen and oxygen atoms in total. The van der Waals surface area contributed by atoms with E-state index in [4.69, 9.17) is 0 Å². The van der Waals surface area contributed by atoms with Crippen LogP contribution in [0, 0.1) is 12.7 Å². The summed E-state index contributed by atoms with van der Waals surface area (Å²) in [6.45, 7) is 10.4. The van der Waals surface area contributed by atoms with Gasteiger partial charge in [0.05, 0.1) is 4.47 Å². The van der Waals surface area contributed by atoms with Crippen LogP contribution >= 0.6 is 15.9 Å². The van der Waals surface area contributed by atoms with E-state index in [1.165, 1.54) is 0 Å². The third-order valence-corrected chi connectivity index (χ3v) is 4.13. The van der Waals surface area contributed by atoms with Gasteiger partial charge in [0.15, 0.2) is 0 Å². The third kappa shape index (κ3) is 2.69. The first-order valence-electron chi connectivity index (χ1n) is 6.27. The maximum absolute atomic E-state index is 13.7. The van der Waals surface area contributed by atoms with Gasteiger partial charge in [0.25, 0.3) is 0 Å². The van der Waals surface area contributed by atoms with E-state index in [9.17, 15) is 4.39 Å². The van der Waals surface area contributed by atoms with Crippen molar-refractivity contribution < 1.29 is 4.39 Å². The standard InChI is InChI=1S/C14H20BrFN2/c1-9-5-11(15)12(16)6-13(9)18-8-14(3,4)17-7-10(18)2/h5-6,10,17H,7-8H2,1-4H3. The molecule has 4 heteroatoms. The zero-order valence-corrected chi connectivity index (χ0v) is 12.9. The van der Waals surface area contributed by atoms with E-state index in [1.54, 1.807) is 6.07 Å². The molecule has 0 radical (unpaired) electrons. The lowest BCUT2D eigenvalue weighted by Gasteiger charge is -2.45. The Hall–Kier alpha value is -0.610. The Balaban J connectivity index is 2.38. The van der Waals surface area contributed by atoms with Crippen molar-refractivity contribution in [1.82, 2.24) is 5.32 Å². The summed E-state index contributed by atoms with van der Waals surface area (Å²) in [4.78, 5) is 2.29. The largest absolute Gasteiger partial charge is 0.365 e. The molecule has 0 aromatic heterocycles. The summed E-state index contributed by atoms with van der Waals surface area (Å²) >= 11 is 3.24. The summed E-state index contributed by atoms with van der Waals surface area (Å²) in [6.07, 6.45) is 0. The minimum Gasteiger partial charge on any atom is -0.365 e. The van der Waals surface area contributed by atoms with Crippen LogP contribution in [0.3, 0.4) is 0 Å². The van der Waals surface area contributed by atoms with E-state index in [2.05, 4.69) is 46.9 Å². The lowest BCUT2D eigenvalue weighted by atomic mass is 9.97. The predicted octanol–water partition coefficient (Wildman–Crippen LogP) is 3.47. The molecule has 1 atom stereocenters. The van der Waals surface area contributed by atoms with Crippen molar-refractivity contribution in [3.63, 3.8) is 0 Å². The van der Waals surface area contributed by atoms with Gasteiger partial charge in [-0.15, -0.1) is 0 Å². The van der Waals surface area contributed by atoms with Gasteiger partial charge in [0, 0.05) is 30.4 Å². The van der Waals surface area contributed by atoms with Gasteiger partial charge in [-0.1, -0.05) is 0 Å². The molecule has 2 rings (SSSR count). The minimum absolute atomic E-state index is 0.0580. The van der Waals surface area contributed by atoms with Crippen LogP contribution in [0.1, 0.15) is 26.3 Å². The van der Waals surface area contributed by atoms with Crippen molar-refractivity contribution in [2.45, 2.75) is 39.3 Å². The molecular formula is C14H20BrFN2. The van der Waals surface area contributed by atoms with E-state index >= 15 is 0 Å². The molecule has 1 aliphatic heterocycles. The molecule has 1 heterocycles. The number of piperazine rings is 1. The van der Waals surface area contributed by atoms with Gasteiger partial charge >= 0.3 is 0 Å². The molecule has 0 spiro atoms. The first-order valence-corrected chi connectivity index (χ1v) is 7.07. The van der Waals surface area contributed by atoms with Crippen LogP contribution in [0.4, 0.5) is 10.1 Å². The summed E-state index contributed by atoms with van der Waals surface area (Å²) in [7, 11) is 0. The SMILES string of the molecule is Cc1cc(Br)c(F)cc1N1CC(C)(C)NCC1C. The third-order valence-electron chi connectivity index (χ3n) is 3.52. The molecule has 18 heavy (non-hydrogen) atoms.